The highest BCUT2D eigenvalue weighted by molar-refractivity contribution is 6.08. The number of amides is 4. The number of benzene rings is 3. The van der Waals surface area contributed by atoms with E-state index in [-0.39, 0.29) is 24.3 Å². The molecule has 2 N–H and O–H groups in total. The molecule has 0 aliphatic carbocycles. The fourth-order valence-electron chi connectivity index (χ4n) is 5.70. The number of likely N-dealkylation sites (N-methyl/N-ethyl adjacent to an activating group) is 1. The molecule has 0 atom stereocenters. The Hall–Kier alpha value is -5.10. The van der Waals surface area contributed by atoms with Crippen LogP contribution in [0.4, 0.5) is 16.2 Å². The lowest BCUT2D eigenvalue weighted by atomic mass is 10.1. The topological polar surface area (TPSA) is 130 Å². The van der Waals surface area contributed by atoms with Gasteiger partial charge in [0.2, 0.25) is 5.91 Å². The SMILES string of the molecule is Cc1ccc(N(C)C(=O)c2ccc(NC(=O)c3ccccc3OCCCNC(=O)OC(C)(C)C)cc2)c(OCCCCCC(=O)N2CCN(C)CC2)c1. The van der Waals surface area contributed by atoms with Gasteiger partial charge in [-0.3, -0.25) is 14.4 Å². The summed E-state index contributed by atoms with van der Waals surface area (Å²) < 4.78 is 17.3. The van der Waals surface area contributed by atoms with E-state index in [9.17, 15) is 19.2 Å². The molecule has 1 heterocycles. The Morgan fingerprint density at radius 2 is 1.49 bits per heavy atom. The summed E-state index contributed by atoms with van der Waals surface area (Å²) in [5.74, 6) is 0.692. The molecular weight excluding hydrogens is 674 g/mol. The number of para-hydroxylation sites is 1. The van der Waals surface area contributed by atoms with Gasteiger partial charge in [0.25, 0.3) is 11.8 Å². The number of rotatable bonds is 16. The van der Waals surface area contributed by atoms with Gasteiger partial charge >= 0.3 is 6.09 Å². The van der Waals surface area contributed by atoms with Gasteiger partial charge < -0.3 is 39.5 Å². The van der Waals surface area contributed by atoms with Crippen molar-refractivity contribution >= 4 is 35.2 Å². The molecular formula is C41H55N5O7. The average Bonchev–Trinajstić information content (AvgIpc) is 3.12. The smallest absolute Gasteiger partial charge is 0.407 e. The second-order valence-corrected chi connectivity index (χ2v) is 14.3. The van der Waals surface area contributed by atoms with Gasteiger partial charge in [-0.05, 0) is 115 Å². The average molecular weight is 730 g/mol. The fraction of sp³-hybridized carbons (Fsp3) is 0.463. The predicted octanol–water partition coefficient (Wildman–Crippen LogP) is 6.53. The Morgan fingerprint density at radius 3 is 2.21 bits per heavy atom. The van der Waals surface area contributed by atoms with Gasteiger partial charge in [-0.15, -0.1) is 0 Å². The van der Waals surface area contributed by atoms with Crippen LogP contribution in [0.15, 0.2) is 66.7 Å². The van der Waals surface area contributed by atoms with E-state index in [0.717, 1.165) is 51.0 Å². The first kappa shape index (κ1) is 40.7. The van der Waals surface area contributed by atoms with Gasteiger partial charge in [0, 0.05) is 57.4 Å². The van der Waals surface area contributed by atoms with Gasteiger partial charge in [-0.1, -0.05) is 18.2 Å². The van der Waals surface area contributed by atoms with Crippen molar-refractivity contribution in [2.24, 2.45) is 0 Å². The Morgan fingerprint density at radius 1 is 0.811 bits per heavy atom. The minimum absolute atomic E-state index is 0.223. The van der Waals surface area contributed by atoms with Crippen LogP contribution >= 0.6 is 0 Å². The molecule has 1 aliphatic heterocycles. The third-order valence-corrected chi connectivity index (χ3v) is 8.70. The first-order chi connectivity index (χ1) is 25.3. The minimum atomic E-state index is -0.573. The Kier molecular flexibility index (Phi) is 15.1. The van der Waals surface area contributed by atoms with Crippen molar-refractivity contribution in [1.82, 2.24) is 15.1 Å². The molecule has 4 amide bonds. The second kappa shape index (κ2) is 19.7. The van der Waals surface area contributed by atoms with E-state index in [1.54, 1.807) is 81.2 Å². The molecule has 0 unspecified atom stereocenters. The Balaban J connectivity index is 1.25. The highest BCUT2D eigenvalue weighted by atomic mass is 16.6. The van der Waals surface area contributed by atoms with Crippen molar-refractivity contribution in [2.75, 3.05) is 70.2 Å². The minimum Gasteiger partial charge on any atom is -0.493 e. The first-order valence-electron chi connectivity index (χ1n) is 18.4. The molecule has 0 aromatic heterocycles. The zero-order chi connectivity index (χ0) is 38.4. The molecule has 12 heteroatoms. The molecule has 0 spiro atoms. The lowest BCUT2D eigenvalue weighted by Gasteiger charge is -2.32. The molecule has 1 aliphatic rings. The normalized spacial score (nSPS) is 13.2. The first-order valence-corrected chi connectivity index (χ1v) is 18.4. The quantitative estimate of drug-likeness (QED) is 0.159. The number of carbonyl (C=O) groups is 4. The summed E-state index contributed by atoms with van der Waals surface area (Å²) in [6.07, 6.45) is 3.09. The summed E-state index contributed by atoms with van der Waals surface area (Å²) in [6, 6.07) is 19.4. The maximum absolute atomic E-state index is 13.6. The zero-order valence-electron chi connectivity index (χ0n) is 32.0. The molecule has 3 aromatic carbocycles. The maximum atomic E-state index is 13.6. The van der Waals surface area contributed by atoms with Crippen LogP contribution < -0.4 is 25.0 Å². The van der Waals surface area contributed by atoms with Crippen LogP contribution in [0.2, 0.25) is 0 Å². The largest absolute Gasteiger partial charge is 0.493 e. The molecule has 0 saturated carbocycles. The maximum Gasteiger partial charge on any atom is 0.407 e. The monoisotopic (exact) mass is 729 g/mol. The number of unbranched alkanes of at least 4 members (excludes halogenated alkanes) is 2. The third kappa shape index (κ3) is 13.1. The van der Waals surface area contributed by atoms with Gasteiger partial charge in [0.05, 0.1) is 24.5 Å². The van der Waals surface area contributed by atoms with Crippen LogP contribution in [-0.2, 0) is 9.53 Å². The molecule has 4 rings (SSSR count). The van der Waals surface area contributed by atoms with Crippen molar-refractivity contribution in [3.05, 3.63) is 83.4 Å². The lowest BCUT2D eigenvalue weighted by Crippen LogP contribution is -2.47. The lowest BCUT2D eigenvalue weighted by molar-refractivity contribution is -0.132. The van der Waals surface area contributed by atoms with Crippen molar-refractivity contribution < 1.29 is 33.4 Å². The molecule has 1 saturated heterocycles. The van der Waals surface area contributed by atoms with E-state index >= 15 is 0 Å². The molecule has 1 fully saturated rings. The highest BCUT2D eigenvalue weighted by Gasteiger charge is 2.20. The van der Waals surface area contributed by atoms with Crippen LogP contribution in [0.3, 0.4) is 0 Å². The van der Waals surface area contributed by atoms with Crippen LogP contribution in [0.1, 0.15) is 79.2 Å². The van der Waals surface area contributed by atoms with E-state index in [1.165, 1.54) is 0 Å². The van der Waals surface area contributed by atoms with E-state index in [2.05, 4.69) is 22.6 Å². The zero-order valence-corrected chi connectivity index (χ0v) is 32.0. The Bertz CT molecular complexity index is 1680. The number of ether oxygens (including phenoxy) is 3. The van der Waals surface area contributed by atoms with E-state index < -0.39 is 11.7 Å². The van der Waals surface area contributed by atoms with Gasteiger partial charge in [0.15, 0.2) is 0 Å². The van der Waals surface area contributed by atoms with Crippen LogP contribution in [0.25, 0.3) is 0 Å². The highest BCUT2D eigenvalue weighted by Crippen LogP contribution is 2.30. The van der Waals surface area contributed by atoms with Crippen molar-refractivity contribution in [3.8, 4) is 11.5 Å². The molecule has 3 aromatic rings. The number of aryl methyl sites for hydroxylation is 1. The van der Waals surface area contributed by atoms with Gasteiger partial charge in [0.1, 0.15) is 17.1 Å². The number of anilines is 2. The summed E-state index contributed by atoms with van der Waals surface area (Å²) in [4.78, 5) is 56.9. The standard InChI is InChI=1S/C41H55N5O7/c1-30-16-21-34(36(29-30)52-27-11-7-8-15-37(47)46-25-23-44(5)24-26-46)45(6)39(49)31-17-19-32(20-18-31)43-38(48)33-13-9-10-14-35(33)51-28-12-22-42-40(50)53-41(2,3)4/h9-10,13-14,16-21,29H,7-8,11-12,15,22-28H2,1-6H3,(H,42,50)(H,43,48). The molecule has 286 valence electrons. The van der Waals surface area contributed by atoms with Gasteiger partial charge in [-0.25, -0.2) is 4.79 Å². The molecule has 12 nitrogen and oxygen atoms in total. The van der Waals surface area contributed by atoms with Crippen LogP contribution in [-0.4, -0.2) is 99.2 Å². The summed E-state index contributed by atoms with van der Waals surface area (Å²) >= 11 is 0. The number of alkyl carbamates (subject to hydrolysis) is 1. The summed E-state index contributed by atoms with van der Waals surface area (Å²) in [5.41, 5.74) is 2.43. The second-order valence-electron chi connectivity index (χ2n) is 14.3. The number of nitrogens with zero attached hydrogens (tertiary/aromatic N) is 3. The van der Waals surface area contributed by atoms with E-state index in [1.807, 2.05) is 30.0 Å². The summed E-state index contributed by atoms with van der Waals surface area (Å²) in [5, 5.41) is 5.57. The Labute approximate surface area is 313 Å². The number of hydrogen-bond donors (Lipinski definition) is 2. The molecule has 0 radical (unpaired) electrons. The van der Waals surface area contributed by atoms with E-state index in [0.29, 0.717) is 60.0 Å². The van der Waals surface area contributed by atoms with Crippen LogP contribution in [0, 0.1) is 6.92 Å². The van der Waals surface area contributed by atoms with E-state index in [4.69, 9.17) is 14.2 Å². The summed E-state index contributed by atoms with van der Waals surface area (Å²) in [7, 11) is 3.79. The molecule has 53 heavy (non-hydrogen) atoms. The van der Waals surface area contributed by atoms with Crippen LogP contribution in [0.5, 0.6) is 11.5 Å². The fourth-order valence-corrected chi connectivity index (χ4v) is 5.70. The number of hydrogen-bond acceptors (Lipinski definition) is 8. The molecule has 0 bridgehead atoms. The van der Waals surface area contributed by atoms with Crippen molar-refractivity contribution in [1.29, 1.82) is 0 Å². The number of nitrogens with one attached hydrogen (secondary N) is 2. The van der Waals surface area contributed by atoms with Crippen molar-refractivity contribution in [3.63, 3.8) is 0 Å². The van der Waals surface area contributed by atoms with Crippen molar-refractivity contribution in [2.45, 2.75) is 65.4 Å². The number of carbonyl (C=O) groups excluding carboxylic acids is 4. The van der Waals surface area contributed by atoms with Gasteiger partial charge in [-0.2, -0.15) is 0 Å². The predicted molar refractivity (Wildman–Crippen MR) is 207 cm³/mol. The third-order valence-electron chi connectivity index (χ3n) is 8.70. The number of piperazine rings is 1. The summed E-state index contributed by atoms with van der Waals surface area (Å²) in [6.45, 7) is 12.0.